The fraction of sp³-hybridized carbons (Fsp3) is 0.105. The number of halogens is 1. The Morgan fingerprint density at radius 2 is 1.93 bits per heavy atom. The Labute approximate surface area is 170 Å². The van der Waals surface area contributed by atoms with Crippen molar-refractivity contribution in [3.05, 3.63) is 69.6 Å². The Hall–Kier alpha value is -2.35. The number of rotatable bonds is 6. The first kappa shape index (κ1) is 19.4. The van der Waals surface area contributed by atoms with Crippen molar-refractivity contribution in [2.45, 2.75) is 6.61 Å². The molecule has 0 aliphatic carbocycles. The Morgan fingerprint density at radius 1 is 1.22 bits per heavy atom. The zero-order valence-corrected chi connectivity index (χ0v) is 16.3. The molecule has 2 aromatic carbocycles. The van der Waals surface area contributed by atoms with Gasteiger partial charge >= 0.3 is 5.97 Å². The summed E-state index contributed by atoms with van der Waals surface area (Å²) >= 11 is 12.3. The van der Waals surface area contributed by atoms with Crippen molar-refractivity contribution in [3.63, 3.8) is 0 Å². The van der Waals surface area contributed by atoms with Gasteiger partial charge in [-0.25, -0.2) is 0 Å². The molecule has 0 bridgehead atoms. The van der Waals surface area contributed by atoms with Crippen molar-refractivity contribution in [1.29, 1.82) is 0 Å². The molecule has 1 saturated heterocycles. The lowest BCUT2D eigenvalue weighted by atomic mass is 10.1. The molecule has 1 aliphatic rings. The Morgan fingerprint density at radius 3 is 2.67 bits per heavy atom. The number of ether oxygens (including phenoxy) is 1. The van der Waals surface area contributed by atoms with Crippen LogP contribution in [0.1, 0.15) is 11.1 Å². The van der Waals surface area contributed by atoms with Gasteiger partial charge in [0.05, 0.1) is 4.91 Å². The zero-order valence-electron chi connectivity index (χ0n) is 13.9. The number of hydrogen-bond acceptors (Lipinski definition) is 5. The number of carboxylic acid groups (broad SMARTS) is 1. The van der Waals surface area contributed by atoms with Crippen molar-refractivity contribution in [1.82, 2.24) is 4.90 Å². The molecule has 138 valence electrons. The van der Waals surface area contributed by atoms with E-state index in [1.165, 1.54) is 0 Å². The molecule has 2 aromatic rings. The molecular formula is C19H14ClNO4S2. The molecule has 0 radical (unpaired) electrons. The molecule has 3 rings (SSSR count). The Bertz CT molecular complexity index is 945. The number of thioether (sulfide) groups is 1. The van der Waals surface area contributed by atoms with Gasteiger partial charge in [-0.2, -0.15) is 0 Å². The SMILES string of the molecule is O=C(O)CN1C(=O)/C(=C/c2ccccc2OCc2ccccc2Cl)SC1=S. The van der Waals surface area contributed by atoms with Crippen LogP contribution < -0.4 is 4.74 Å². The lowest BCUT2D eigenvalue weighted by Crippen LogP contribution is -2.33. The summed E-state index contributed by atoms with van der Waals surface area (Å²) in [5, 5.41) is 9.53. The molecule has 0 atom stereocenters. The number of aliphatic carboxylic acids is 1. The molecule has 1 aliphatic heterocycles. The maximum absolute atomic E-state index is 12.4. The highest BCUT2D eigenvalue weighted by Crippen LogP contribution is 2.34. The number of para-hydroxylation sites is 1. The van der Waals surface area contributed by atoms with Gasteiger partial charge in [-0.3, -0.25) is 14.5 Å². The number of thiocarbonyl (C=S) groups is 1. The van der Waals surface area contributed by atoms with Gasteiger partial charge in [0.1, 0.15) is 23.2 Å². The van der Waals surface area contributed by atoms with Gasteiger partial charge in [0.15, 0.2) is 0 Å². The lowest BCUT2D eigenvalue weighted by Gasteiger charge is -2.11. The van der Waals surface area contributed by atoms with E-state index in [0.717, 1.165) is 22.2 Å². The molecule has 5 nitrogen and oxygen atoms in total. The summed E-state index contributed by atoms with van der Waals surface area (Å²) in [7, 11) is 0. The molecule has 1 amide bonds. The highest BCUT2D eigenvalue weighted by molar-refractivity contribution is 8.26. The molecule has 0 unspecified atom stereocenters. The third-order valence-corrected chi connectivity index (χ3v) is 5.46. The minimum Gasteiger partial charge on any atom is -0.488 e. The van der Waals surface area contributed by atoms with Crippen LogP contribution in [0, 0.1) is 0 Å². The van der Waals surface area contributed by atoms with E-state index in [2.05, 4.69) is 0 Å². The van der Waals surface area contributed by atoms with Crippen LogP contribution in [0.5, 0.6) is 5.75 Å². The van der Waals surface area contributed by atoms with E-state index in [9.17, 15) is 9.59 Å². The molecule has 8 heteroatoms. The predicted molar refractivity (Wildman–Crippen MR) is 110 cm³/mol. The first-order chi connectivity index (χ1) is 13.0. The van der Waals surface area contributed by atoms with E-state index in [1.54, 1.807) is 18.2 Å². The van der Waals surface area contributed by atoms with Gasteiger partial charge in [0, 0.05) is 16.1 Å². The van der Waals surface area contributed by atoms with Crippen molar-refractivity contribution in [3.8, 4) is 5.75 Å². The summed E-state index contributed by atoms with van der Waals surface area (Å²) in [5.74, 6) is -0.953. The second-order valence-electron chi connectivity index (χ2n) is 5.58. The normalized spacial score (nSPS) is 15.4. The monoisotopic (exact) mass is 419 g/mol. The van der Waals surface area contributed by atoms with Crippen molar-refractivity contribution in [2.24, 2.45) is 0 Å². The smallest absolute Gasteiger partial charge is 0.323 e. The van der Waals surface area contributed by atoms with Crippen molar-refractivity contribution in [2.75, 3.05) is 6.54 Å². The number of benzene rings is 2. The lowest BCUT2D eigenvalue weighted by molar-refractivity contribution is -0.140. The second-order valence-corrected chi connectivity index (χ2v) is 7.66. The van der Waals surface area contributed by atoms with E-state index in [-0.39, 0.29) is 10.9 Å². The van der Waals surface area contributed by atoms with Gasteiger partial charge < -0.3 is 9.84 Å². The van der Waals surface area contributed by atoms with Gasteiger partial charge in [0.25, 0.3) is 5.91 Å². The van der Waals surface area contributed by atoms with Crippen LogP contribution in [-0.2, 0) is 16.2 Å². The van der Waals surface area contributed by atoms with E-state index in [1.807, 2.05) is 36.4 Å². The fourth-order valence-electron chi connectivity index (χ4n) is 2.41. The Kier molecular flexibility index (Phi) is 6.15. The fourth-order valence-corrected chi connectivity index (χ4v) is 3.85. The third-order valence-electron chi connectivity index (χ3n) is 3.71. The third kappa shape index (κ3) is 4.68. The summed E-state index contributed by atoms with van der Waals surface area (Å²) in [6, 6.07) is 14.7. The molecule has 0 spiro atoms. The molecule has 0 aromatic heterocycles. The highest BCUT2D eigenvalue weighted by atomic mass is 35.5. The number of hydrogen-bond donors (Lipinski definition) is 1. The minimum atomic E-state index is -1.11. The molecular weight excluding hydrogens is 406 g/mol. The van der Waals surface area contributed by atoms with Crippen LogP contribution in [0.25, 0.3) is 6.08 Å². The Balaban J connectivity index is 1.81. The second kappa shape index (κ2) is 8.56. The van der Waals surface area contributed by atoms with Crippen LogP contribution >= 0.6 is 35.6 Å². The summed E-state index contributed by atoms with van der Waals surface area (Å²) in [6.07, 6.45) is 1.66. The van der Waals surface area contributed by atoms with E-state index < -0.39 is 18.4 Å². The van der Waals surface area contributed by atoms with E-state index in [0.29, 0.717) is 21.2 Å². The average molecular weight is 420 g/mol. The van der Waals surface area contributed by atoms with Crippen LogP contribution in [0.2, 0.25) is 5.02 Å². The molecule has 1 fully saturated rings. The molecule has 27 heavy (non-hydrogen) atoms. The quantitative estimate of drug-likeness (QED) is 0.559. The highest BCUT2D eigenvalue weighted by Gasteiger charge is 2.33. The van der Waals surface area contributed by atoms with Gasteiger partial charge in [-0.05, 0) is 18.2 Å². The standard InChI is InChI=1S/C19H14ClNO4S2/c20-14-7-3-1-6-13(14)11-25-15-8-4-2-5-12(15)9-16-18(24)21(10-17(22)23)19(26)27-16/h1-9H,10-11H2,(H,22,23)/b16-9-. The first-order valence-corrected chi connectivity index (χ1v) is 9.48. The van der Waals surface area contributed by atoms with Crippen LogP contribution in [-0.4, -0.2) is 32.7 Å². The number of carbonyl (C=O) groups excluding carboxylic acids is 1. The van der Waals surface area contributed by atoms with Crippen molar-refractivity contribution < 1.29 is 19.4 Å². The van der Waals surface area contributed by atoms with Crippen molar-refractivity contribution >= 4 is 57.9 Å². The minimum absolute atomic E-state index is 0.225. The van der Waals surface area contributed by atoms with Gasteiger partial charge in [-0.15, -0.1) is 0 Å². The van der Waals surface area contributed by atoms with Crippen LogP contribution in [0.4, 0.5) is 0 Å². The maximum atomic E-state index is 12.4. The summed E-state index contributed by atoms with van der Waals surface area (Å²) < 4.78 is 6.10. The number of nitrogens with zero attached hydrogens (tertiary/aromatic N) is 1. The predicted octanol–water partition coefficient (Wildman–Crippen LogP) is 4.20. The first-order valence-electron chi connectivity index (χ1n) is 7.88. The summed E-state index contributed by atoms with van der Waals surface area (Å²) in [4.78, 5) is 24.7. The van der Waals surface area contributed by atoms with E-state index >= 15 is 0 Å². The van der Waals surface area contributed by atoms with E-state index in [4.69, 9.17) is 33.7 Å². The molecule has 0 saturated carbocycles. The number of amides is 1. The number of carboxylic acids is 1. The number of carbonyl (C=O) groups is 2. The molecule has 1 N–H and O–H groups in total. The van der Waals surface area contributed by atoms with Crippen LogP contribution in [0.3, 0.4) is 0 Å². The topological polar surface area (TPSA) is 66.8 Å². The largest absolute Gasteiger partial charge is 0.488 e. The van der Waals surface area contributed by atoms with Gasteiger partial charge in [-0.1, -0.05) is 72.0 Å². The average Bonchev–Trinajstić information content (AvgIpc) is 2.89. The summed E-state index contributed by atoms with van der Waals surface area (Å²) in [6.45, 7) is -0.169. The summed E-state index contributed by atoms with van der Waals surface area (Å²) in [5.41, 5.74) is 1.54. The maximum Gasteiger partial charge on any atom is 0.323 e. The zero-order chi connectivity index (χ0) is 19.4. The van der Waals surface area contributed by atoms with Gasteiger partial charge in [0.2, 0.25) is 0 Å². The van der Waals surface area contributed by atoms with Crippen LogP contribution in [0.15, 0.2) is 53.4 Å². The molecule has 1 heterocycles.